The van der Waals surface area contributed by atoms with E-state index in [2.05, 4.69) is 25.3 Å². The molecule has 1 saturated carbocycles. The molecule has 0 bridgehead atoms. The molecule has 8 nitrogen and oxygen atoms in total. The molecule has 0 radical (unpaired) electrons. The highest BCUT2D eigenvalue weighted by Crippen LogP contribution is 2.31. The zero-order valence-electron chi connectivity index (χ0n) is 18.2. The second kappa shape index (κ2) is 8.85. The molecule has 1 fully saturated rings. The Morgan fingerprint density at radius 2 is 2.00 bits per heavy atom. The number of amides is 1. The highest BCUT2D eigenvalue weighted by atomic mass is 16.5. The van der Waals surface area contributed by atoms with E-state index in [0.29, 0.717) is 11.6 Å². The van der Waals surface area contributed by atoms with Crippen LogP contribution in [0.15, 0.2) is 48.8 Å². The summed E-state index contributed by atoms with van der Waals surface area (Å²) in [5.74, 6) is 0.348. The van der Waals surface area contributed by atoms with Gasteiger partial charge in [-0.05, 0) is 51.2 Å². The minimum Gasteiger partial charge on any atom is -0.481 e. The van der Waals surface area contributed by atoms with Crippen molar-refractivity contribution in [2.24, 2.45) is 0 Å². The van der Waals surface area contributed by atoms with Crippen molar-refractivity contribution in [3.05, 3.63) is 54.5 Å². The smallest absolute Gasteiger partial charge is 0.272 e. The summed E-state index contributed by atoms with van der Waals surface area (Å²) >= 11 is 0. The van der Waals surface area contributed by atoms with Gasteiger partial charge in [-0.15, -0.1) is 0 Å². The lowest BCUT2D eigenvalue weighted by molar-refractivity contribution is 0.0875. The molecule has 1 N–H and O–H groups in total. The molecule has 162 valence electrons. The van der Waals surface area contributed by atoms with Crippen LogP contribution in [0.2, 0.25) is 0 Å². The van der Waals surface area contributed by atoms with Crippen LogP contribution in [0.5, 0.6) is 5.88 Å². The summed E-state index contributed by atoms with van der Waals surface area (Å²) in [5, 5.41) is 7.92. The van der Waals surface area contributed by atoms with Gasteiger partial charge in [0.15, 0.2) is 5.69 Å². The maximum atomic E-state index is 13.3. The molecule has 1 amide bonds. The Bertz CT molecular complexity index is 1020. The molecule has 0 aliphatic heterocycles. The standard InChI is InChI=1S/C23H28N6O2/c1-28(2)16-23(11-5-6-12-23)26-22(30)19-14-20(18-8-4-7-13-24-18)29(27-19)17-9-10-21(31-3)25-15-17/h4,7-10,13-15H,5-6,11-12,16H2,1-3H3,(H,26,30). The second-order valence-electron chi connectivity index (χ2n) is 8.28. The average molecular weight is 421 g/mol. The van der Waals surface area contributed by atoms with Gasteiger partial charge in [-0.2, -0.15) is 5.10 Å². The van der Waals surface area contributed by atoms with Crippen LogP contribution >= 0.6 is 0 Å². The minimum absolute atomic E-state index is 0.166. The van der Waals surface area contributed by atoms with Gasteiger partial charge in [0.05, 0.1) is 35.9 Å². The van der Waals surface area contributed by atoms with Crippen molar-refractivity contribution in [2.45, 2.75) is 31.2 Å². The molecule has 3 heterocycles. The van der Waals surface area contributed by atoms with Gasteiger partial charge in [-0.3, -0.25) is 9.78 Å². The molecule has 0 atom stereocenters. The van der Waals surface area contributed by atoms with Gasteiger partial charge in [0, 0.05) is 18.8 Å². The number of pyridine rings is 2. The first-order valence-electron chi connectivity index (χ1n) is 10.5. The Morgan fingerprint density at radius 1 is 1.19 bits per heavy atom. The number of hydrogen-bond acceptors (Lipinski definition) is 6. The van der Waals surface area contributed by atoms with E-state index in [1.54, 1.807) is 36.3 Å². The molecule has 0 saturated heterocycles. The Kier molecular flexibility index (Phi) is 5.99. The predicted molar refractivity (Wildman–Crippen MR) is 118 cm³/mol. The molecule has 1 aliphatic rings. The van der Waals surface area contributed by atoms with E-state index in [1.807, 2.05) is 38.4 Å². The largest absolute Gasteiger partial charge is 0.481 e. The highest BCUT2D eigenvalue weighted by molar-refractivity contribution is 5.94. The third kappa shape index (κ3) is 4.59. The topological polar surface area (TPSA) is 85.2 Å². The number of likely N-dealkylation sites (N-methyl/N-ethyl adjacent to an activating group) is 1. The van der Waals surface area contributed by atoms with Crippen LogP contribution in [-0.2, 0) is 0 Å². The summed E-state index contributed by atoms with van der Waals surface area (Å²) in [7, 11) is 5.65. The van der Waals surface area contributed by atoms with Crippen LogP contribution in [0.3, 0.4) is 0 Å². The van der Waals surface area contributed by atoms with Gasteiger partial charge < -0.3 is 15.0 Å². The molecule has 1 aliphatic carbocycles. The summed E-state index contributed by atoms with van der Waals surface area (Å²) in [6.07, 6.45) is 7.60. The molecule has 3 aromatic rings. The Labute approximate surface area is 182 Å². The molecule has 0 spiro atoms. The highest BCUT2D eigenvalue weighted by Gasteiger charge is 2.36. The lowest BCUT2D eigenvalue weighted by atomic mass is 9.96. The van der Waals surface area contributed by atoms with E-state index in [4.69, 9.17) is 4.74 Å². The number of carbonyl (C=O) groups excluding carboxylic acids is 1. The van der Waals surface area contributed by atoms with E-state index in [-0.39, 0.29) is 11.4 Å². The van der Waals surface area contributed by atoms with Crippen molar-refractivity contribution in [3.8, 4) is 23.0 Å². The van der Waals surface area contributed by atoms with Crippen molar-refractivity contribution in [1.82, 2.24) is 30.0 Å². The molecular formula is C23H28N6O2. The van der Waals surface area contributed by atoms with E-state index in [1.165, 1.54) is 0 Å². The molecule has 3 aromatic heterocycles. The summed E-state index contributed by atoms with van der Waals surface area (Å²) in [5.41, 5.74) is 2.34. The quantitative estimate of drug-likeness (QED) is 0.633. The lowest BCUT2D eigenvalue weighted by Crippen LogP contribution is -2.52. The Balaban J connectivity index is 1.69. The van der Waals surface area contributed by atoms with Crippen LogP contribution in [0.1, 0.15) is 36.2 Å². The Morgan fingerprint density at radius 3 is 2.61 bits per heavy atom. The molecule has 8 heteroatoms. The number of rotatable bonds is 7. The number of aromatic nitrogens is 4. The first-order valence-corrected chi connectivity index (χ1v) is 10.5. The fourth-order valence-corrected chi connectivity index (χ4v) is 4.29. The maximum absolute atomic E-state index is 13.3. The van der Waals surface area contributed by atoms with Crippen LogP contribution in [-0.4, -0.2) is 63.8 Å². The van der Waals surface area contributed by atoms with Crippen LogP contribution in [0.4, 0.5) is 0 Å². The first kappa shape index (κ1) is 21.0. The summed E-state index contributed by atoms with van der Waals surface area (Å²) in [6, 6.07) is 11.1. The monoisotopic (exact) mass is 420 g/mol. The maximum Gasteiger partial charge on any atom is 0.272 e. The first-order chi connectivity index (χ1) is 15.0. The van der Waals surface area contributed by atoms with Gasteiger partial charge in [0.2, 0.25) is 5.88 Å². The fourth-order valence-electron chi connectivity index (χ4n) is 4.29. The SMILES string of the molecule is COc1ccc(-n2nc(C(=O)NC3(CN(C)C)CCCC3)cc2-c2ccccn2)cn1. The van der Waals surface area contributed by atoms with Crippen molar-refractivity contribution in [3.63, 3.8) is 0 Å². The number of methoxy groups -OCH3 is 1. The van der Waals surface area contributed by atoms with Crippen LogP contribution < -0.4 is 10.1 Å². The van der Waals surface area contributed by atoms with E-state index < -0.39 is 0 Å². The van der Waals surface area contributed by atoms with E-state index >= 15 is 0 Å². The van der Waals surface area contributed by atoms with Crippen molar-refractivity contribution in [2.75, 3.05) is 27.7 Å². The summed E-state index contributed by atoms with van der Waals surface area (Å²) in [6.45, 7) is 0.814. The average Bonchev–Trinajstić information content (AvgIpc) is 3.41. The summed E-state index contributed by atoms with van der Waals surface area (Å²) in [4.78, 5) is 24.1. The van der Waals surface area contributed by atoms with Crippen LogP contribution in [0, 0.1) is 0 Å². The number of hydrogen-bond donors (Lipinski definition) is 1. The zero-order valence-corrected chi connectivity index (χ0v) is 18.2. The molecule has 0 aromatic carbocycles. The van der Waals surface area contributed by atoms with Crippen molar-refractivity contribution in [1.29, 1.82) is 0 Å². The predicted octanol–water partition coefficient (Wildman–Crippen LogP) is 2.94. The number of nitrogens with zero attached hydrogens (tertiary/aromatic N) is 5. The number of nitrogens with one attached hydrogen (secondary N) is 1. The Hall–Kier alpha value is -3.26. The molecular weight excluding hydrogens is 392 g/mol. The summed E-state index contributed by atoms with van der Waals surface area (Å²) < 4.78 is 6.86. The van der Waals surface area contributed by atoms with Gasteiger partial charge >= 0.3 is 0 Å². The van der Waals surface area contributed by atoms with Gasteiger partial charge in [-0.1, -0.05) is 18.9 Å². The van der Waals surface area contributed by atoms with Crippen LogP contribution in [0.25, 0.3) is 17.1 Å². The molecule has 0 unspecified atom stereocenters. The lowest BCUT2D eigenvalue weighted by Gasteiger charge is -2.33. The normalized spacial score (nSPS) is 15.2. The zero-order chi connectivity index (χ0) is 21.8. The third-order valence-corrected chi connectivity index (χ3v) is 5.60. The van der Waals surface area contributed by atoms with Crippen molar-refractivity contribution >= 4 is 5.91 Å². The fraction of sp³-hybridized carbons (Fsp3) is 0.391. The second-order valence-corrected chi connectivity index (χ2v) is 8.28. The van der Waals surface area contributed by atoms with Gasteiger partial charge in [0.25, 0.3) is 5.91 Å². The molecule has 31 heavy (non-hydrogen) atoms. The van der Waals surface area contributed by atoms with Gasteiger partial charge in [-0.25, -0.2) is 9.67 Å². The molecule has 4 rings (SSSR count). The third-order valence-electron chi connectivity index (χ3n) is 5.60. The minimum atomic E-state index is -0.211. The van der Waals surface area contributed by atoms with Gasteiger partial charge in [0.1, 0.15) is 0 Å². The van der Waals surface area contributed by atoms with E-state index in [9.17, 15) is 4.79 Å². The number of ether oxygens (including phenoxy) is 1. The van der Waals surface area contributed by atoms with Crippen molar-refractivity contribution < 1.29 is 9.53 Å². The van der Waals surface area contributed by atoms with E-state index in [0.717, 1.165) is 49.3 Å². The number of carbonyl (C=O) groups is 1.